The van der Waals surface area contributed by atoms with Crippen molar-refractivity contribution in [2.75, 3.05) is 20.3 Å². The number of nitrogens with one attached hydrogen (secondary N) is 1. The molecule has 24 heavy (non-hydrogen) atoms. The van der Waals surface area contributed by atoms with E-state index in [1.54, 1.807) is 43.5 Å². The number of hydrazone groups is 1. The number of benzene rings is 2. The minimum absolute atomic E-state index is 0.357. The van der Waals surface area contributed by atoms with Crippen LogP contribution in [0.5, 0.6) is 17.2 Å². The molecule has 124 valence electrons. The van der Waals surface area contributed by atoms with E-state index in [1.165, 1.54) is 6.21 Å². The van der Waals surface area contributed by atoms with Crippen LogP contribution in [-0.4, -0.2) is 32.4 Å². The number of hydrogen-bond donors (Lipinski definition) is 1. The first-order valence-electron chi connectivity index (χ1n) is 7.24. The van der Waals surface area contributed by atoms with Crippen LogP contribution in [0.2, 0.25) is 5.02 Å². The van der Waals surface area contributed by atoms with Gasteiger partial charge in [0, 0.05) is 16.1 Å². The summed E-state index contributed by atoms with van der Waals surface area (Å²) in [5.41, 5.74) is 3.55. The van der Waals surface area contributed by atoms with Crippen molar-refractivity contribution in [1.82, 2.24) is 5.43 Å². The first kappa shape index (κ1) is 16.1. The molecule has 0 atom stereocenters. The van der Waals surface area contributed by atoms with E-state index in [4.69, 9.17) is 25.8 Å². The zero-order valence-corrected chi connectivity index (χ0v) is 13.7. The number of amides is 1. The van der Waals surface area contributed by atoms with Crippen molar-refractivity contribution in [3.8, 4) is 17.2 Å². The second kappa shape index (κ2) is 7.23. The van der Waals surface area contributed by atoms with E-state index in [-0.39, 0.29) is 5.91 Å². The van der Waals surface area contributed by atoms with Gasteiger partial charge in [0.25, 0.3) is 5.91 Å². The summed E-state index contributed by atoms with van der Waals surface area (Å²) in [6.45, 7) is 0.967. The topological polar surface area (TPSA) is 69.2 Å². The number of halogens is 1. The van der Waals surface area contributed by atoms with Gasteiger partial charge in [-0.2, -0.15) is 5.10 Å². The van der Waals surface area contributed by atoms with E-state index in [9.17, 15) is 4.79 Å². The highest BCUT2D eigenvalue weighted by Gasteiger charge is 2.14. The average molecular weight is 347 g/mol. The molecule has 0 saturated heterocycles. The molecule has 2 aromatic carbocycles. The van der Waals surface area contributed by atoms with E-state index < -0.39 is 0 Å². The molecule has 1 N–H and O–H groups in total. The van der Waals surface area contributed by atoms with Crippen molar-refractivity contribution in [2.24, 2.45) is 5.10 Å². The van der Waals surface area contributed by atoms with Gasteiger partial charge >= 0.3 is 0 Å². The van der Waals surface area contributed by atoms with Crippen molar-refractivity contribution in [3.63, 3.8) is 0 Å². The fourth-order valence-electron chi connectivity index (χ4n) is 2.22. The van der Waals surface area contributed by atoms with Gasteiger partial charge in [-0.15, -0.1) is 0 Å². The molecule has 0 spiro atoms. The SMILES string of the molecule is COc1ccc(Cl)cc1C=NNC(=O)c1ccc2c(c1)OCCO2. The van der Waals surface area contributed by atoms with Crippen LogP contribution in [0.1, 0.15) is 15.9 Å². The van der Waals surface area contributed by atoms with Crippen LogP contribution in [0.15, 0.2) is 41.5 Å². The molecule has 1 aliphatic rings. The molecular weight excluding hydrogens is 332 g/mol. The first-order chi connectivity index (χ1) is 11.7. The molecule has 0 saturated carbocycles. The van der Waals surface area contributed by atoms with Gasteiger partial charge in [-0.1, -0.05) is 11.6 Å². The summed E-state index contributed by atoms with van der Waals surface area (Å²) in [5.74, 6) is 1.43. The van der Waals surface area contributed by atoms with Crippen molar-refractivity contribution >= 4 is 23.7 Å². The number of carbonyl (C=O) groups is 1. The van der Waals surface area contributed by atoms with E-state index in [1.807, 2.05) is 0 Å². The molecule has 1 amide bonds. The van der Waals surface area contributed by atoms with E-state index >= 15 is 0 Å². The number of ether oxygens (including phenoxy) is 3. The number of nitrogens with zero attached hydrogens (tertiary/aromatic N) is 1. The molecule has 2 aromatic rings. The van der Waals surface area contributed by atoms with Gasteiger partial charge in [-0.3, -0.25) is 4.79 Å². The van der Waals surface area contributed by atoms with Gasteiger partial charge in [0.05, 0.1) is 13.3 Å². The second-order valence-corrected chi connectivity index (χ2v) is 5.38. The number of fused-ring (bicyclic) bond motifs is 1. The predicted octanol–water partition coefficient (Wildman–Crippen LogP) is 2.88. The van der Waals surface area contributed by atoms with Crippen LogP contribution in [0.3, 0.4) is 0 Å². The van der Waals surface area contributed by atoms with Crippen LogP contribution >= 0.6 is 11.6 Å². The zero-order valence-electron chi connectivity index (χ0n) is 12.9. The minimum atomic E-state index is -0.357. The maximum Gasteiger partial charge on any atom is 0.271 e. The molecule has 0 fully saturated rings. The van der Waals surface area contributed by atoms with E-state index in [2.05, 4.69) is 10.5 Å². The molecule has 7 heteroatoms. The monoisotopic (exact) mass is 346 g/mol. The lowest BCUT2D eigenvalue weighted by molar-refractivity contribution is 0.0954. The molecule has 1 aliphatic heterocycles. The Hall–Kier alpha value is -2.73. The lowest BCUT2D eigenvalue weighted by Crippen LogP contribution is -2.19. The molecule has 0 bridgehead atoms. The number of hydrogen-bond acceptors (Lipinski definition) is 5. The lowest BCUT2D eigenvalue weighted by Gasteiger charge is -2.18. The molecule has 0 aliphatic carbocycles. The summed E-state index contributed by atoms with van der Waals surface area (Å²) in [6.07, 6.45) is 1.47. The van der Waals surface area contributed by atoms with Crippen molar-refractivity contribution in [1.29, 1.82) is 0 Å². The van der Waals surface area contributed by atoms with Crippen molar-refractivity contribution < 1.29 is 19.0 Å². The van der Waals surface area contributed by atoms with Crippen LogP contribution in [0, 0.1) is 0 Å². The standard InChI is InChI=1S/C17H15ClN2O4/c1-22-14-5-3-13(18)8-12(14)10-19-20-17(21)11-2-4-15-16(9-11)24-7-6-23-15/h2-5,8-10H,6-7H2,1H3,(H,20,21). The maximum atomic E-state index is 12.2. The largest absolute Gasteiger partial charge is 0.496 e. The number of rotatable bonds is 4. The quantitative estimate of drug-likeness (QED) is 0.682. The third kappa shape index (κ3) is 3.60. The minimum Gasteiger partial charge on any atom is -0.496 e. The van der Waals surface area contributed by atoms with Gasteiger partial charge in [0.2, 0.25) is 0 Å². The molecule has 3 rings (SSSR count). The fourth-order valence-corrected chi connectivity index (χ4v) is 2.40. The smallest absolute Gasteiger partial charge is 0.271 e. The highest BCUT2D eigenvalue weighted by molar-refractivity contribution is 6.30. The van der Waals surface area contributed by atoms with Gasteiger partial charge in [0.15, 0.2) is 11.5 Å². The summed E-state index contributed by atoms with van der Waals surface area (Å²) < 4.78 is 16.1. The normalized spacial score (nSPS) is 12.9. The lowest BCUT2D eigenvalue weighted by atomic mass is 10.2. The highest BCUT2D eigenvalue weighted by Crippen LogP contribution is 2.30. The highest BCUT2D eigenvalue weighted by atomic mass is 35.5. The summed E-state index contributed by atoms with van der Waals surface area (Å²) in [5, 5.41) is 4.50. The number of methoxy groups -OCH3 is 1. The summed E-state index contributed by atoms with van der Waals surface area (Å²) in [4.78, 5) is 12.2. The van der Waals surface area contributed by atoms with Gasteiger partial charge in [-0.05, 0) is 36.4 Å². The first-order valence-corrected chi connectivity index (χ1v) is 7.62. The van der Waals surface area contributed by atoms with Crippen molar-refractivity contribution in [2.45, 2.75) is 0 Å². The summed E-state index contributed by atoms with van der Waals surface area (Å²) >= 11 is 5.95. The van der Waals surface area contributed by atoms with Crippen LogP contribution in [-0.2, 0) is 0 Å². The van der Waals surface area contributed by atoms with E-state index in [0.29, 0.717) is 46.6 Å². The van der Waals surface area contributed by atoms with Gasteiger partial charge in [-0.25, -0.2) is 5.43 Å². The Morgan fingerprint density at radius 2 is 2.00 bits per heavy atom. The Morgan fingerprint density at radius 3 is 2.79 bits per heavy atom. The van der Waals surface area contributed by atoms with Gasteiger partial charge in [0.1, 0.15) is 19.0 Å². The van der Waals surface area contributed by atoms with Crippen LogP contribution in [0.25, 0.3) is 0 Å². The van der Waals surface area contributed by atoms with E-state index in [0.717, 1.165) is 0 Å². The zero-order chi connectivity index (χ0) is 16.9. The Balaban J connectivity index is 1.70. The summed E-state index contributed by atoms with van der Waals surface area (Å²) in [7, 11) is 1.55. The van der Waals surface area contributed by atoms with Crippen LogP contribution < -0.4 is 19.6 Å². The van der Waals surface area contributed by atoms with Crippen molar-refractivity contribution in [3.05, 3.63) is 52.5 Å². The third-order valence-corrected chi connectivity index (χ3v) is 3.60. The summed E-state index contributed by atoms with van der Waals surface area (Å²) in [6, 6.07) is 10.1. The Morgan fingerprint density at radius 1 is 1.21 bits per heavy atom. The molecule has 0 unspecified atom stereocenters. The Bertz CT molecular complexity index is 792. The molecule has 1 heterocycles. The predicted molar refractivity (Wildman–Crippen MR) is 90.5 cm³/mol. The average Bonchev–Trinajstić information content (AvgIpc) is 2.61. The molecule has 0 radical (unpaired) electrons. The van der Waals surface area contributed by atoms with Crippen LogP contribution in [0.4, 0.5) is 0 Å². The number of carbonyl (C=O) groups excluding carboxylic acids is 1. The Kier molecular flexibility index (Phi) is 4.86. The van der Waals surface area contributed by atoms with Gasteiger partial charge < -0.3 is 14.2 Å². The fraction of sp³-hybridized carbons (Fsp3) is 0.176. The third-order valence-electron chi connectivity index (χ3n) is 3.37. The molecule has 6 nitrogen and oxygen atoms in total. The molecular formula is C17H15ClN2O4. The maximum absolute atomic E-state index is 12.2. The molecule has 0 aromatic heterocycles. The second-order valence-electron chi connectivity index (χ2n) is 4.94. The Labute approximate surface area is 144 Å².